The number of rotatable bonds is 2. The Morgan fingerprint density at radius 3 is 2.73 bits per heavy atom. The molecule has 222 valence electrons. The molecule has 1 aromatic rings. The summed E-state index contributed by atoms with van der Waals surface area (Å²) in [5, 5.41) is 10.5. The van der Waals surface area contributed by atoms with Crippen LogP contribution >= 0.6 is 0 Å². The van der Waals surface area contributed by atoms with Crippen molar-refractivity contribution in [1.29, 1.82) is 0 Å². The minimum absolute atomic E-state index is 0.0924. The van der Waals surface area contributed by atoms with Crippen LogP contribution in [0.1, 0.15) is 91.0 Å². The number of hydrogen-bond acceptors (Lipinski definition) is 4. The van der Waals surface area contributed by atoms with E-state index < -0.39 is 0 Å². The minimum Gasteiger partial charge on any atom is -0.445 e. The van der Waals surface area contributed by atoms with E-state index in [4.69, 9.17) is 9.47 Å². The summed E-state index contributed by atoms with van der Waals surface area (Å²) in [6.07, 6.45) is 12.5. The highest BCUT2D eigenvalue weighted by atomic mass is 16.6. The normalized spacial score (nSPS) is 51.1. The fourth-order valence-electron chi connectivity index (χ4n) is 12.3. The maximum absolute atomic E-state index is 13.6. The molecule has 5 heteroatoms. The Labute approximate surface area is 246 Å². The van der Waals surface area contributed by atoms with Gasteiger partial charge in [0.1, 0.15) is 6.61 Å². The van der Waals surface area contributed by atoms with Gasteiger partial charge in [0.2, 0.25) is 0 Å². The van der Waals surface area contributed by atoms with Gasteiger partial charge in [0.15, 0.2) is 0 Å². The summed E-state index contributed by atoms with van der Waals surface area (Å²) in [6.45, 7) is 10.9. The Bertz CT molecular complexity index is 1260. The lowest BCUT2D eigenvalue weighted by atomic mass is 9.56. The predicted octanol–water partition coefficient (Wildman–Crippen LogP) is 7.13. The molecule has 12 atom stereocenters. The largest absolute Gasteiger partial charge is 0.445 e. The number of amides is 1. The molecule has 2 spiro atoms. The van der Waals surface area contributed by atoms with Gasteiger partial charge in [-0.3, -0.25) is 0 Å². The second-order valence-corrected chi connectivity index (χ2v) is 15.9. The van der Waals surface area contributed by atoms with Crippen molar-refractivity contribution in [3.05, 3.63) is 47.5 Å². The lowest BCUT2D eigenvalue weighted by molar-refractivity contribution is -0.147. The highest BCUT2D eigenvalue weighted by Gasteiger charge is 2.84. The predicted molar refractivity (Wildman–Crippen MR) is 158 cm³/mol. The van der Waals surface area contributed by atoms with Crippen LogP contribution < -0.4 is 0 Å². The third-order valence-electron chi connectivity index (χ3n) is 14.3. The standard InChI is InChI=1S/C36H49NO4/c1-22-16-30-31(37(19-22)32(39)40-20-24-8-6-5-7-9-24)23(2)36(41-30)15-13-28-27-11-10-25-17-26(38)12-14-33(25,3)29(27)18-35(28)21-34(35,36)4/h5-10,22-23,26-31,38H,11-21H2,1-4H3/t22-,23+,26-,27?,28-,29-,30+,31-,33-,34+,35+,36+/m0/s1. The SMILES string of the molecule is C[C@H]1C[C@H]2O[C@]3(CC[C@H]4C5CC=C6C[C@@H](O)CC[C@]6(C)[C@H]5C[C@@]45C[C@]53C)[C@H](C)[C@@H]2N(C(=O)OCc2ccccc2)C1. The monoisotopic (exact) mass is 559 g/mol. The number of hydrogen-bond donors (Lipinski definition) is 1. The van der Waals surface area contributed by atoms with E-state index >= 15 is 0 Å². The van der Waals surface area contributed by atoms with Gasteiger partial charge in [-0.1, -0.05) is 69.7 Å². The fraction of sp³-hybridized carbons (Fsp3) is 0.750. The number of nitrogens with zero attached hydrogens (tertiary/aromatic N) is 1. The number of carbonyl (C=O) groups excluding carboxylic acids is 1. The van der Waals surface area contributed by atoms with E-state index in [2.05, 4.69) is 38.7 Å². The zero-order chi connectivity index (χ0) is 28.4. The molecule has 6 fully saturated rings. The number of fused-ring (bicyclic) bond motifs is 6. The molecule has 2 aliphatic heterocycles. The van der Waals surface area contributed by atoms with Crippen LogP contribution in [0.4, 0.5) is 4.79 Å². The maximum atomic E-state index is 13.6. The zero-order valence-corrected chi connectivity index (χ0v) is 25.5. The van der Waals surface area contributed by atoms with Crippen molar-refractivity contribution in [2.45, 2.75) is 116 Å². The number of benzene rings is 1. The molecule has 0 radical (unpaired) electrons. The van der Waals surface area contributed by atoms with Crippen LogP contribution in [0.15, 0.2) is 42.0 Å². The van der Waals surface area contributed by atoms with E-state index in [9.17, 15) is 9.90 Å². The summed E-state index contributed by atoms with van der Waals surface area (Å²) >= 11 is 0. The molecule has 7 aliphatic rings. The zero-order valence-electron chi connectivity index (χ0n) is 25.5. The Hall–Kier alpha value is -1.85. The Kier molecular flexibility index (Phi) is 5.77. The molecule has 1 aromatic carbocycles. The van der Waals surface area contributed by atoms with Gasteiger partial charge in [0.05, 0.1) is 23.9 Å². The van der Waals surface area contributed by atoms with Crippen LogP contribution in [0.25, 0.3) is 0 Å². The highest BCUT2D eigenvalue weighted by molar-refractivity contribution is 5.68. The Morgan fingerprint density at radius 1 is 1.12 bits per heavy atom. The molecule has 4 saturated carbocycles. The number of carbonyl (C=O) groups is 1. The molecule has 0 aromatic heterocycles. The first-order valence-electron chi connectivity index (χ1n) is 16.6. The first kappa shape index (κ1) is 26.8. The van der Waals surface area contributed by atoms with Crippen molar-refractivity contribution < 1.29 is 19.4 Å². The number of aliphatic hydroxyl groups excluding tert-OH is 1. The van der Waals surface area contributed by atoms with E-state index in [1.807, 2.05) is 30.3 Å². The summed E-state index contributed by atoms with van der Waals surface area (Å²) in [4.78, 5) is 15.7. The number of aliphatic hydroxyl groups is 1. The van der Waals surface area contributed by atoms with Crippen molar-refractivity contribution in [3.8, 4) is 0 Å². The van der Waals surface area contributed by atoms with Gasteiger partial charge in [0.25, 0.3) is 0 Å². The van der Waals surface area contributed by atoms with Crippen LogP contribution in [0.5, 0.6) is 0 Å². The third-order valence-corrected chi connectivity index (χ3v) is 14.3. The molecule has 41 heavy (non-hydrogen) atoms. The van der Waals surface area contributed by atoms with E-state index in [0.29, 0.717) is 23.9 Å². The fourth-order valence-corrected chi connectivity index (χ4v) is 12.3. The van der Waals surface area contributed by atoms with Crippen molar-refractivity contribution in [3.63, 3.8) is 0 Å². The van der Waals surface area contributed by atoms with Gasteiger partial charge in [-0.2, -0.15) is 0 Å². The molecule has 2 heterocycles. The smallest absolute Gasteiger partial charge is 0.410 e. The molecular weight excluding hydrogens is 510 g/mol. The topological polar surface area (TPSA) is 59.0 Å². The minimum atomic E-state index is -0.176. The summed E-state index contributed by atoms with van der Waals surface area (Å²) in [7, 11) is 0. The average molecular weight is 560 g/mol. The second-order valence-electron chi connectivity index (χ2n) is 15.9. The molecule has 5 aliphatic carbocycles. The van der Waals surface area contributed by atoms with Gasteiger partial charge in [-0.15, -0.1) is 0 Å². The Morgan fingerprint density at radius 2 is 1.93 bits per heavy atom. The van der Waals surface area contributed by atoms with Crippen molar-refractivity contribution in [2.75, 3.05) is 6.54 Å². The molecule has 1 unspecified atom stereocenters. The second kappa shape index (κ2) is 8.85. The first-order valence-corrected chi connectivity index (χ1v) is 16.6. The van der Waals surface area contributed by atoms with Gasteiger partial charge < -0.3 is 19.5 Å². The molecule has 1 amide bonds. The van der Waals surface area contributed by atoms with Crippen LogP contribution in [-0.4, -0.2) is 46.5 Å². The van der Waals surface area contributed by atoms with Gasteiger partial charge in [0, 0.05) is 17.9 Å². The van der Waals surface area contributed by atoms with E-state index in [-0.39, 0.29) is 40.8 Å². The van der Waals surface area contributed by atoms with E-state index in [1.54, 1.807) is 5.57 Å². The van der Waals surface area contributed by atoms with Crippen molar-refractivity contribution in [2.24, 2.45) is 45.8 Å². The average Bonchev–Trinajstić information content (AvgIpc) is 3.30. The summed E-state index contributed by atoms with van der Waals surface area (Å²) in [5.41, 5.74) is 3.23. The molecule has 0 bridgehead atoms. The van der Waals surface area contributed by atoms with Crippen LogP contribution in [-0.2, 0) is 16.1 Å². The van der Waals surface area contributed by atoms with Crippen molar-refractivity contribution in [1.82, 2.24) is 4.90 Å². The number of piperidine rings is 1. The van der Waals surface area contributed by atoms with Crippen LogP contribution in [0.2, 0.25) is 0 Å². The number of allylic oxidation sites excluding steroid dienone is 1. The van der Waals surface area contributed by atoms with E-state index in [1.165, 1.54) is 25.7 Å². The molecule has 1 N–H and O–H groups in total. The summed E-state index contributed by atoms with van der Waals surface area (Å²) in [5.74, 6) is 3.00. The summed E-state index contributed by atoms with van der Waals surface area (Å²) < 4.78 is 13.3. The van der Waals surface area contributed by atoms with Gasteiger partial charge in [-0.25, -0.2) is 4.79 Å². The van der Waals surface area contributed by atoms with Gasteiger partial charge >= 0.3 is 6.09 Å². The molecule has 2 saturated heterocycles. The summed E-state index contributed by atoms with van der Waals surface area (Å²) in [6, 6.07) is 10.1. The third kappa shape index (κ3) is 3.45. The van der Waals surface area contributed by atoms with Crippen LogP contribution in [0.3, 0.4) is 0 Å². The number of ether oxygens (including phenoxy) is 2. The van der Waals surface area contributed by atoms with Crippen molar-refractivity contribution >= 4 is 6.09 Å². The lowest BCUT2D eigenvalue weighted by Gasteiger charge is -2.50. The van der Waals surface area contributed by atoms with Gasteiger partial charge in [-0.05, 0) is 97.9 Å². The molecule has 8 rings (SSSR count). The molecular formula is C36H49NO4. The van der Waals surface area contributed by atoms with Crippen LogP contribution in [0, 0.1) is 45.8 Å². The quantitative estimate of drug-likeness (QED) is 0.392. The highest BCUT2D eigenvalue weighted by Crippen LogP contribution is 2.87. The Balaban J connectivity index is 1.06. The lowest BCUT2D eigenvalue weighted by Crippen LogP contribution is -2.56. The molecule has 5 nitrogen and oxygen atoms in total. The number of likely N-dealkylation sites (tertiary alicyclic amines) is 1. The maximum Gasteiger partial charge on any atom is 0.410 e. The van der Waals surface area contributed by atoms with E-state index in [0.717, 1.165) is 62.0 Å². The first-order chi connectivity index (χ1) is 19.6.